The Labute approximate surface area is 142 Å². The maximum Gasteiger partial charge on any atom is 0.0595 e. The van der Waals surface area contributed by atoms with E-state index in [1.807, 2.05) is 12.1 Å². The van der Waals surface area contributed by atoms with E-state index in [0.717, 1.165) is 38.6 Å². The van der Waals surface area contributed by atoms with Gasteiger partial charge >= 0.3 is 0 Å². The van der Waals surface area contributed by atoms with Crippen LogP contribution in [0.4, 0.5) is 0 Å². The van der Waals surface area contributed by atoms with E-state index < -0.39 is 0 Å². The Balaban J connectivity index is 1.70. The molecule has 0 radical (unpaired) electrons. The fourth-order valence-electron chi connectivity index (χ4n) is 2.77. The molecule has 2 aromatic rings. The fourth-order valence-corrected chi connectivity index (χ4v) is 3.09. The lowest BCUT2D eigenvalue weighted by molar-refractivity contribution is 0.179. The number of benzene rings is 2. The van der Waals surface area contributed by atoms with E-state index in [4.69, 9.17) is 23.2 Å². The highest BCUT2D eigenvalue weighted by Gasteiger charge is 2.20. The van der Waals surface area contributed by atoms with Crippen molar-refractivity contribution in [3.63, 3.8) is 0 Å². The highest BCUT2D eigenvalue weighted by molar-refractivity contribution is 6.42. The zero-order valence-corrected chi connectivity index (χ0v) is 13.9. The van der Waals surface area contributed by atoms with Crippen molar-refractivity contribution in [1.82, 2.24) is 10.2 Å². The number of nitrogens with zero attached hydrogens (tertiary/aromatic N) is 1. The van der Waals surface area contributed by atoms with Crippen LogP contribution in [0.3, 0.4) is 0 Å². The van der Waals surface area contributed by atoms with Crippen LogP contribution in [0.5, 0.6) is 0 Å². The summed E-state index contributed by atoms with van der Waals surface area (Å²) in [6, 6.07) is 16.5. The summed E-state index contributed by atoms with van der Waals surface area (Å²) in [5.74, 6) is 0.742. The Morgan fingerprint density at radius 2 is 1.64 bits per heavy atom. The van der Waals surface area contributed by atoms with Crippen molar-refractivity contribution in [3.8, 4) is 0 Å². The summed E-state index contributed by atoms with van der Waals surface area (Å²) in [6.07, 6.45) is 0. The van der Waals surface area contributed by atoms with Crippen LogP contribution in [0.2, 0.25) is 10.0 Å². The minimum absolute atomic E-state index is 0.614. The van der Waals surface area contributed by atoms with Gasteiger partial charge < -0.3 is 5.32 Å². The van der Waals surface area contributed by atoms with Gasteiger partial charge in [-0.15, -0.1) is 0 Å². The minimum atomic E-state index is 0.614. The van der Waals surface area contributed by atoms with Crippen molar-refractivity contribution in [2.45, 2.75) is 13.1 Å². The first-order valence-corrected chi connectivity index (χ1v) is 8.37. The third-order valence-corrected chi connectivity index (χ3v) is 4.76. The van der Waals surface area contributed by atoms with Gasteiger partial charge in [0.1, 0.15) is 0 Å². The predicted molar refractivity (Wildman–Crippen MR) is 93.4 cm³/mol. The second-order valence-electron chi connectivity index (χ2n) is 5.93. The molecule has 0 unspecified atom stereocenters. The predicted octanol–water partition coefficient (Wildman–Crippen LogP) is 4.22. The Bertz CT molecular complexity index is 612. The van der Waals surface area contributed by atoms with Crippen LogP contribution in [-0.4, -0.2) is 24.5 Å². The van der Waals surface area contributed by atoms with Gasteiger partial charge in [0.25, 0.3) is 0 Å². The Hall–Kier alpha value is -1.06. The normalized spacial score (nSPS) is 15.0. The summed E-state index contributed by atoms with van der Waals surface area (Å²) in [4.78, 5) is 2.49. The van der Waals surface area contributed by atoms with Gasteiger partial charge in [-0.25, -0.2) is 0 Å². The summed E-state index contributed by atoms with van der Waals surface area (Å²) in [6.45, 7) is 5.18. The molecule has 0 saturated carbocycles. The monoisotopic (exact) mass is 334 g/mol. The SMILES string of the molecule is Clc1ccc(CN(Cc2ccccc2)CC2CNC2)cc1Cl. The van der Waals surface area contributed by atoms with Crippen LogP contribution in [0.1, 0.15) is 11.1 Å². The van der Waals surface area contributed by atoms with Gasteiger partial charge in [0.15, 0.2) is 0 Å². The molecule has 3 rings (SSSR count). The second kappa shape index (κ2) is 7.47. The smallest absolute Gasteiger partial charge is 0.0595 e. The van der Waals surface area contributed by atoms with Crippen LogP contribution in [0.15, 0.2) is 48.5 Å². The Morgan fingerprint density at radius 3 is 2.27 bits per heavy atom. The van der Waals surface area contributed by atoms with E-state index in [9.17, 15) is 0 Å². The Morgan fingerprint density at radius 1 is 0.909 bits per heavy atom. The largest absolute Gasteiger partial charge is 0.316 e. The fraction of sp³-hybridized carbons (Fsp3) is 0.333. The maximum absolute atomic E-state index is 6.14. The molecule has 0 aromatic heterocycles. The molecule has 0 bridgehead atoms. The van der Waals surface area contributed by atoms with Crippen molar-refractivity contribution in [2.75, 3.05) is 19.6 Å². The van der Waals surface area contributed by atoms with Gasteiger partial charge in [-0.1, -0.05) is 59.6 Å². The number of halogens is 2. The van der Waals surface area contributed by atoms with Crippen LogP contribution < -0.4 is 5.32 Å². The molecule has 2 aromatic carbocycles. The Kier molecular flexibility index (Phi) is 5.37. The summed E-state index contributed by atoms with van der Waals surface area (Å²) < 4.78 is 0. The maximum atomic E-state index is 6.14. The number of hydrogen-bond donors (Lipinski definition) is 1. The van der Waals surface area contributed by atoms with E-state index in [-0.39, 0.29) is 0 Å². The second-order valence-corrected chi connectivity index (χ2v) is 6.74. The van der Waals surface area contributed by atoms with Gasteiger partial charge in [-0.05, 0) is 29.2 Å². The van der Waals surface area contributed by atoms with Crippen LogP contribution in [0.25, 0.3) is 0 Å². The molecule has 4 heteroatoms. The molecule has 2 nitrogen and oxygen atoms in total. The first-order valence-electron chi connectivity index (χ1n) is 7.61. The molecular weight excluding hydrogens is 315 g/mol. The van der Waals surface area contributed by atoms with Crippen molar-refractivity contribution in [3.05, 3.63) is 69.7 Å². The molecule has 0 aliphatic carbocycles. The zero-order valence-electron chi connectivity index (χ0n) is 12.4. The van der Waals surface area contributed by atoms with Gasteiger partial charge in [-0.2, -0.15) is 0 Å². The lowest BCUT2D eigenvalue weighted by Crippen LogP contribution is -2.48. The highest BCUT2D eigenvalue weighted by Crippen LogP contribution is 2.24. The lowest BCUT2D eigenvalue weighted by Gasteiger charge is -2.33. The van der Waals surface area contributed by atoms with Crippen molar-refractivity contribution >= 4 is 23.2 Å². The van der Waals surface area contributed by atoms with E-state index in [2.05, 4.69) is 46.6 Å². The number of rotatable bonds is 6. The molecule has 1 aliphatic rings. The quantitative estimate of drug-likeness (QED) is 0.850. The standard InChI is InChI=1S/C18H20Cl2N2/c19-17-7-6-15(8-18(17)20)12-22(13-16-9-21-10-16)11-14-4-2-1-3-5-14/h1-8,16,21H,9-13H2. The minimum Gasteiger partial charge on any atom is -0.316 e. The molecule has 1 aliphatic heterocycles. The highest BCUT2D eigenvalue weighted by atomic mass is 35.5. The summed E-state index contributed by atoms with van der Waals surface area (Å²) in [5, 5.41) is 4.59. The molecule has 0 spiro atoms. The molecule has 0 atom stereocenters. The van der Waals surface area contributed by atoms with Gasteiger partial charge in [0.05, 0.1) is 10.0 Å². The molecular formula is C18H20Cl2N2. The van der Waals surface area contributed by atoms with Gasteiger partial charge in [-0.3, -0.25) is 4.90 Å². The molecule has 1 saturated heterocycles. The number of hydrogen-bond acceptors (Lipinski definition) is 2. The number of nitrogens with one attached hydrogen (secondary N) is 1. The van der Waals surface area contributed by atoms with Crippen molar-refractivity contribution < 1.29 is 0 Å². The topological polar surface area (TPSA) is 15.3 Å². The van der Waals surface area contributed by atoms with E-state index >= 15 is 0 Å². The molecule has 22 heavy (non-hydrogen) atoms. The first-order chi connectivity index (χ1) is 10.7. The molecule has 1 heterocycles. The molecule has 116 valence electrons. The average molecular weight is 335 g/mol. The third-order valence-electron chi connectivity index (χ3n) is 4.02. The van der Waals surface area contributed by atoms with Gasteiger partial charge in [0.2, 0.25) is 0 Å². The molecule has 1 N–H and O–H groups in total. The van der Waals surface area contributed by atoms with E-state index in [1.54, 1.807) is 0 Å². The lowest BCUT2D eigenvalue weighted by atomic mass is 10.0. The zero-order chi connectivity index (χ0) is 15.4. The first kappa shape index (κ1) is 15.8. The van der Waals surface area contributed by atoms with Crippen LogP contribution in [-0.2, 0) is 13.1 Å². The van der Waals surface area contributed by atoms with Crippen LogP contribution in [0, 0.1) is 5.92 Å². The average Bonchev–Trinajstić information content (AvgIpc) is 2.48. The molecule has 1 fully saturated rings. The van der Waals surface area contributed by atoms with E-state index in [0.29, 0.717) is 10.0 Å². The summed E-state index contributed by atoms with van der Waals surface area (Å²) in [7, 11) is 0. The van der Waals surface area contributed by atoms with Gasteiger partial charge in [0, 0.05) is 32.7 Å². The van der Waals surface area contributed by atoms with Crippen molar-refractivity contribution in [2.24, 2.45) is 5.92 Å². The van der Waals surface area contributed by atoms with Crippen LogP contribution >= 0.6 is 23.2 Å². The van der Waals surface area contributed by atoms with Crippen molar-refractivity contribution in [1.29, 1.82) is 0 Å². The summed E-state index contributed by atoms with van der Waals surface area (Å²) >= 11 is 12.2. The molecule has 0 amide bonds. The third kappa shape index (κ3) is 4.23. The summed E-state index contributed by atoms with van der Waals surface area (Å²) in [5.41, 5.74) is 2.55. The van der Waals surface area contributed by atoms with E-state index in [1.165, 1.54) is 11.1 Å².